The number of aromatic nitrogens is 1. The Labute approximate surface area is 212 Å². The first kappa shape index (κ1) is 25.2. The van der Waals surface area contributed by atoms with Crippen LogP contribution in [0.1, 0.15) is 29.4 Å². The van der Waals surface area contributed by atoms with Crippen LogP contribution in [0.15, 0.2) is 59.5 Å². The van der Waals surface area contributed by atoms with E-state index >= 15 is 0 Å². The molecule has 1 aromatic heterocycles. The predicted octanol–water partition coefficient (Wildman–Crippen LogP) is 5.41. The van der Waals surface area contributed by atoms with Crippen LogP contribution in [0.4, 0.5) is 9.18 Å². The molecule has 0 saturated carbocycles. The van der Waals surface area contributed by atoms with E-state index in [2.05, 4.69) is 0 Å². The summed E-state index contributed by atoms with van der Waals surface area (Å²) in [5, 5.41) is -0.501. The first-order chi connectivity index (χ1) is 17.3. The van der Waals surface area contributed by atoms with Gasteiger partial charge in [-0.05, 0) is 80.6 Å². The fourth-order valence-corrected chi connectivity index (χ4v) is 4.74. The van der Waals surface area contributed by atoms with Crippen molar-refractivity contribution in [2.24, 2.45) is 0 Å². The van der Waals surface area contributed by atoms with Crippen molar-refractivity contribution in [2.75, 3.05) is 13.2 Å². The quantitative estimate of drug-likeness (QED) is 0.299. The number of halogens is 1. The molecule has 1 aliphatic heterocycles. The maximum absolute atomic E-state index is 13.8. The number of carbonyl (C=O) groups is 3. The van der Waals surface area contributed by atoms with E-state index < -0.39 is 23.7 Å². The van der Waals surface area contributed by atoms with Crippen LogP contribution >= 0.6 is 11.8 Å². The summed E-state index contributed by atoms with van der Waals surface area (Å²) < 4.78 is 26.4. The van der Waals surface area contributed by atoms with Gasteiger partial charge in [0.05, 0.1) is 11.5 Å². The molecular weight excluding hydrogens is 483 g/mol. The second-order valence-electron chi connectivity index (χ2n) is 8.11. The van der Waals surface area contributed by atoms with Gasteiger partial charge in [-0.25, -0.2) is 4.39 Å². The van der Waals surface area contributed by atoms with Crippen molar-refractivity contribution >= 4 is 35.0 Å². The van der Waals surface area contributed by atoms with E-state index in [1.807, 2.05) is 48.7 Å². The van der Waals surface area contributed by atoms with Gasteiger partial charge in [-0.2, -0.15) is 0 Å². The number of rotatable bonds is 8. The third-order valence-corrected chi connectivity index (χ3v) is 6.58. The zero-order valence-corrected chi connectivity index (χ0v) is 20.9. The number of imide groups is 1. The smallest absolute Gasteiger partial charge is 0.326 e. The Kier molecular flexibility index (Phi) is 7.59. The molecule has 2 aromatic carbocycles. The molecule has 1 saturated heterocycles. The fourth-order valence-electron chi connectivity index (χ4n) is 3.91. The Morgan fingerprint density at radius 2 is 1.81 bits per heavy atom. The second kappa shape index (κ2) is 10.8. The first-order valence-corrected chi connectivity index (χ1v) is 12.2. The minimum atomic E-state index is -0.624. The number of benzene rings is 2. The highest BCUT2D eigenvalue weighted by molar-refractivity contribution is 8.18. The van der Waals surface area contributed by atoms with Gasteiger partial charge in [0.15, 0.2) is 0 Å². The zero-order chi connectivity index (χ0) is 25.8. The standard InChI is InChI=1S/C27H25FN2O5S/c1-4-34-25(31)15-29-26(32)24(36-27(29)33)14-20-13-17(2)30(18(20)3)21-9-11-22(12-10-21)35-16-19-7-5-6-8-23(19)28/h5-14H,4,15-16H2,1-3H3/b24-14+. The number of thioether (sulfide) groups is 1. The molecule has 7 nitrogen and oxygen atoms in total. The van der Waals surface area contributed by atoms with Gasteiger partial charge in [-0.15, -0.1) is 0 Å². The van der Waals surface area contributed by atoms with Crippen LogP contribution in [0.3, 0.4) is 0 Å². The molecule has 9 heteroatoms. The van der Waals surface area contributed by atoms with Crippen molar-refractivity contribution in [2.45, 2.75) is 27.4 Å². The second-order valence-corrected chi connectivity index (χ2v) is 9.10. The summed E-state index contributed by atoms with van der Waals surface area (Å²) in [6, 6.07) is 15.8. The molecule has 0 atom stereocenters. The lowest BCUT2D eigenvalue weighted by Gasteiger charge is -2.12. The number of ether oxygens (including phenoxy) is 2. The Morgan fingerprint density at radius 1 is 1.08 bits per heavy atom. The molecule has 1 fully saturated rings. The molecule has 1 aliphatic rings. The fraction of sp³-hybridized carbons (Fsp3) is 0.222. The number of esters is 1. The van der Waals surface area contributed by atoms with Crippen molar-refractivity contribution in [3.63, 3.8) is 0 Å². The molecule has 0 spiro atoms. The molecule has 186 valence electrons. The van der Waals surface area contributed by atoms with Crippen molar-refractivity contribution in [1.29, 1.82) is 0 Å². The van der Waals surface area contributed by atoms with Crippen LogP contribution in [0.25, 0.3) is 11.8 Å². The molecular formula is C27H25FN2O5S. The normalized spacial score (nSPS) is 14.6. The van der Waals surface area contributed by atoms with Gasteiger partial charge in [-0.1, -0.05) is 18.2 Å². The van der Waals surface area contributed by atoms with Crippen LogP contribution in [0.2, 0.25) is 0 Å². The molecule has 0 N–H and O–H groups in total. The number of hydrogen-bond donors (Lipinski definition) is 0. The van der Waals surface area contributed by atoms with E-state index in [0.717, 1.165) is 39.3 Å². The first-order valence-electron chi connectivity index (χ1n) is 11.3. The van der Waals surface area contributed by atoms with E-state index in [4.69, 9.17) is 9.47 Å². The summed E-state index contributed by atoms with van der Waals surface area (Å²) in [6.45, 7) is 5.43. The van der Waals surface area contributed by atoms with Gasteiger partial charge in [0.1, 0.15) is 24.7 Å². The molecule has 0 radical (unpaired) electrons. The summed E-state index contributed by atoms with van der Waals surface area (Å²) in [4.78, 5) is 37.9. The molecule has 0 bridgehead atoms. The number of aryl methyl sites for hydroxylation is 1. The van der Waals surface area contributed by atoms with Gasteiger partial charge in [0.2, 0.25) is 0 Å². The number of hydrogen-bond acceptors (Lipinski definition) is 6. The van der Waals surface area contributed by atoms with E-state index in [1.165, 1.54) is 6.07 Å². The molecule has 0 unspecified atom stereocenters. The lowest BCUT2D eigenvalue weighted by molar-refractivity contribution is -0.145. The largest absolute Gasteiger partial charge is 0.489 e. The molecule has 3 aromatic rings. The zero-order valence-electron chi connectivity index (χ0n) is 20.1. The highest BCUT2D eigenvalue weighted by Crippen LogP contribution is 2.34. The van der Waals surface area contributed by atoms with E-state index in [-0.39, 0.29) is 23.9 Å². The number of carbonyl (C=O) groups excluding carboxylic acids is 3. The van der Waals surface area contributed by atoms with Crippen molar-refractivity contribution < 1.29 is 28.2 Å². The van der Waals surface area contributed by atoms with Gasteiger partial charge in [0.25, 0.3) is 11.1 Å². The Balaban J connectivity index is 1.50. The number of nitrogens with zero attached hydrogens (tertiary/aromatic N) is 2. The predicted molar refractivity (Wildman–Crippen MR) is 135 cm³/mol. The molecule has 0 aliphatic carbocycles. The Bertz CT molecular complexity index is 1350. The van der Waals surface area contributed by atoms with Gasteiger partial charge in [0, 0.05) is 22.6 Å². The average molecular weight is 509 g/mol. The highest BCUT2D eigenvalue weighted by Gasteiger charge is 2.36. The molecule has 4 rings (SSSR count). The minimum absolute atomic E-state index is 0.128. The minimum Gasteiger partial charge on any atom is -0.489 e. The highest BCUT2D eigenvalue weighted by atomic mass is 32.2. The Morgan fingerprint density at radius 3 is 2.50 bits per heavy atom. The van der Waals surface area contributed by atoms with Crippen LogP contribution in [-0.4, -0.2) is 39.7 Å². The van der Waals surface area contributed by atoms with Crippen molar-refractivity contribution in [1.82, 2.24) is 9.47 Å². The van der Waals surface area contributed by atoms with Crippen LogP contribution in [0.5, 0.6) is 5.75 Å². The van der Waals surface area contributed by atoms with Crippen LogP contribution in [-0.2, 0) is 20.9 Å². The Hall–Kier alpha value is -3.85. The summed E-state index contributed by atoms with van der Waals surface area (Å²) in [5.41, 5.74) is 3.97. The summed E-state index contributed by atoms with van der Waals surface area (Å²) in [5.74, 6) is -0.835. The van der Waals surface area contributed by atoms with Gasteiger partial charge >= 0.3 is 5.97 Å². The van der Waals surface area contributed by atoms with Crippen LogP contribution < -0.4 is 4.74 Å². The summed E-state index contributed by atoms with van der Waals surface area (Å²) in [6.07, 6.45) is 1.67. The monoisotopic (exact) mass is 508 g/mol. The number of amides is 2. The molecule has 2 amide bonds. The van der Waals surface area contributed by atoms with Crippen molar-refractivity contribution in [3.05, 3.63) is 87.8 Å². The maximum atomic E-state index is 13.8. The van der Waals surface area contributed by atoms with E-state index in [9.17, 15) is 18.8 Å². The lowest BCUT2D eigenvalue weighted by atomic mass is 10.2. The molecule has 2 heterocycles. The summed E-state index contributed by atoms with van der Waals surface area (Å²) in [7, 11) is 0. The average Bonchev–Trinajstić information content (AvgIpc) is 3.28. The maximum Gasteiger partial charge on any atom is 0.326 e. The third kappa shape index (κ3) is 5.36. The third-order valence-electron chi connectivity index (χ3n) is 5.67. The van der Waals surface area contributed by atoms with E-state index in [1.54, 1.807) is 31.2 Å². The van der Waals surface area contributed by atoms with Gasteiger partial charge in [-0.3, -0.25) is 19.3 Å². The van der Waals surface area contributed by atoms with Crippen molar-refractivity contribution in [3.8, 4) is 11.4 Å². The molecule has 36 heavy (non-hydrogen) atoms. The SMILES string of the molecule is CCOC(=O)CN1C(=O)S/C(=C/c2cc(C)n(-c3ccc(OCc4ccccc4F)cc3)c2C)C1=O. The van der Waals surface area contributed by atoms with Crippen LogP contribution in [0, 0.1) is 19.7 Å². The summed E-state index contributed by atoms with van der Waals surface area (Å²) >= 11 is 0.801. The lowest BCUT2D eigenvalue weighted by Crippen LogP contribution is -2.34. The van der Waals surface area contributed by atoms with E-state index in [0.29, 0.717) is 11.3 Å². The van der Waals surface area contributed by atoms with Gasteiger partial charge < -0.3 is 14.0 Å². The topological polar surface area (TPSA) is 77.8 Å².